The van der Waals surface area contributed by atoms with E-state index in [1.54, 1.807) is 30.3 Å². The van der Waals surface area contributed by atoms with E-state index in [0.29, 0.717) is 43.2 Å². The summed E-state index contributed by atoms with van der Waals surface area (Å²) in [7, 11) is 1.54. The quantitative estimate of drug-likeness (QED) is 0.524. The van der Waals surface area contributed by atoms with Gasteiger partial charge in [-0.25, -0.2) is 0 Å². The molecule has 11 heteroatoms. The molecule has 2 saturated heterocycles. The first kappa shape index (κ1) is 26.2. The van der Waals surface area contributed by atoms with Crippen molar-refractivity contribution in [1.29, 1.82) is 0 Å². The Kier molecular flexibility index (Phi) is 8.04. The monoisotopic (exact) mass is 509 g/mol. The number of hydrogen-bond donors (Lipinski definition) is 3. The Morgan fingerprint density at radius 1 is 1.11 bits per heavy atom. The van der Waals surface area contributed by atoms with Crippen molar-refractivity contribution in [2.45, 2.75) is 30.5 Å². The lowest BCUT2D eigenvalue weighted by Gasteiger charge is -2.41. The van der Waals surface area contributed by atoms with Crippen molar-refractivity contribution in [3.63, 3.8) is 0 Å². The highest BCUT2D eigenvalue weighted by Gasteiger charge is 2.46. The summed E-state index contributed by atoms with van der Waals surface area (Å²) in [6, 6.07) is 11.4. The standard InChI is InChI=1S/C25H30F3N3O5/c1-35-19-7-5-16(6-8-19)24(34)29-14-20-22(23(33)21(15-32)36-20)31-11-9-30(10-12-31)18-4-2-3-17(13-18)25(26,27)28/h2-8,13,20-23,32-33H,9-12,14-15H2,1H3,(H,29,34). The van der Waals surface area contributed by atoms with Crippen LogP contribution in [-0.4, -0.2) is 91.8 Å². The minimum Gasteiger partial charge on any atom is -0.497 e. The first-order valence-electron chi connectivity index (χ1n) is 11.7. The number of aliphatic hydroxyl groups excluding tert-OH is 2. The van der Waals surface area contributed by atoms with Gasteiger partial charge in [0.05, 0.1) is 31.4 Å². The molecule has 0 saturated carbocycles. The molecule has 2 aromatic rings. The Morgan fingerprint density at radius 3 is 2.42 bits per heavy atom. The minimum absolute atomic E-state index is 0.122. The van der Waals surface area contributed by atoms with Crippen molar-refractivity contribution in [3.8, 4) is 5.75 Å². The molecule has 2 fully saturated rings. The summed E-state index contributed by atoms with van der Waals surface area (Å²) in [5, 5.41) is 23.3. The van der Waals surface area contributed by atoms with Crippen LogP contribution in [0.3, 0.4) is 0 Å². The van der Waals surface area contributed by atoms with Crippen molar-refractivity contribution in [2.75, 3.05) is 51.3 Å². The van der Waals surface area contributed by atoms with Crippen molar-refractivity contribution in [3.05, 3.63) is 59.7 Å². The van der Waals surface area contributed by atoms with E-state index in [-0.39, 0.29) is 19.1 Å². The number of anilines is 1. The Hall–Kier alpha value is -2.86. The lowest BCUT2D eigenvalue weighted by atomic mass is 10.0. The second-order valence-electron chi connectivity index (χ2n) is 8.89. The zero-order valence-electron chi connectivity index (χ0n) is 19.8. The first-order chi connectivity index (χ1) is 17.2. The third-order valence-corrected chi connectivity index (χ3v) is 6.73. The number of amides is 1. The maximum absolute atomic E-state index is 13.1. The summed E-state index contributed by atoms with van der Waals surface area (Å²) in [4.78, 5) is 16.5. The molecule has 4 rings (SSSR count). The number of alkyl halides is 3. The van der Waals surface area contributed by atoms with Crippen LogP contribution in [0.4, 0.5) is 18.9 Å². The average molecular weight is 510 g/mol. The number of piperazine rings is 1. The van der Waals surface area contributed by atoms with E-state index in [0.717, 1.165) is 12.1 Å². The number of aliphatic hydroxyl groups is 2. The first-order valence-corrected chi connectivity index (χ1v) is 11.7. The van der Waals surface area contributed by atoms with Crippen LogP contribution >= 0.6 is 0 Å². The number of nitrogens with one attached hydrogen (secondary N) is 1. The molecule has 0 aromatic heterocycles. The topological polar surface area (TPSA) is 94.5 Å². The smallest absolute Gasteiger partial charge is 0.416 e. The maximum atomic E-state index is 13.1. The van der Waals surface area contributed by atoms with Gasteiger partial charge >= 0.3 is 6.18 Å². The van der Waals surface area contributed by atoms with Crippen LogP contribution in [0.1, 0.15) is 15.9 Å². The normalized spacial score (nSPS) is 25.1. The number of carbonyl (C=O) groups is 1. The highest BCUT2D eigenvalue weighted by atomic mass is 19.4. The van der Waals surface area contributed by atoms with Gasteiger partial charge in [-0.2, -0.15) is 13.2 Å². The van der Waals surface area contributed by atoms with Crippen molar-refractivity contribution < 1.29 is 37.7 Å². The third-order valence-electron chi connectivity index (χ3n) is 6.73. The van der Waals surface area contributed by atoms with Crippen LogP contribution in [0.2, 0.25) is 0 Å². The second-order valence-corrected chi connectivity index (χ2v) is 8.89. The molecule has 3 N–H and O–H groups in total. The van der Waals surface area contributed by atoms with Crippen LogP contribution in [0.5, 0.6) is 5.75 Å². The summed E-state index contributed by atoms with van der Waals surface area (Å²) >= 11 is 0. The van der Waals surface area contributed by atoms with Crippen LogP contribution in [-0.2, 0) is 10.9 Å². The molecule has 0 aliphatic carbocycles. The summed E-state index contributed by atoms with van der Waals surface area (Å²) in [6.45, 7) is 1.62. The molecule has 4 atom stereocenters. The van der Waals surface area contributed by atoms with E-state index in [1.165, 1.54) is 13.2 Å². The Morgan fingerprint density at radius 2 is 1.81 bits per heavy atom. The number of methoxy groups -OCH3 is 1. The van der Waals surface area contributed by atoms with Gasteiger partial charge in [0.25, 0.3) is 5.91 Å². The predicted octanol–water partition coefficient (Wildman–Crippen LogP) is 1.76. The van der Waals surface area contributed by atoms with Gasteiger partial charge < -0.3 is 29.9 Å². The third kappa shape index (κ3) is 5.75. The van der Waals surface area contributed by atoms with Crippen molar-refractivity contribution in [2.24, 2.45) is 0 Å². The lowest BCUT2D eigenvalue weighted by molar-refractivity contribution is -0.137. The highest BCUT2D eigenvalue weighted by Crippen LogP contribution is 2.32. The fraction of sp³-hybridized carbons (Fsp3) is 0.480. The Bertz CT molecular complexity index is 1030. The second kappa shape index (κ2) is 11.0. The SMILES string of the molecule is COc1ccc(C(=O)NCC2OC(CO)C(O)C2N2CCN(c3cccc(C(F)(F)F)c3)CC2)cc1. The number of carbonyl (C=O) groups excluding carboxylic acids is 1. The van der Waals surface area contributed by atoms with E-state index in [1.807, 2.05) is 9.80 Å². The van der Waals surface area contributed by atoms with Crippen molar-refractivity contribution >= 4 is 11.6 Å². The summed E-state index contributed by atoms with van der Waals surface area (Å²) < 4.78 is 50.3. The molecule has 36 heavy (non-hydrogen) atoms. The van der Waals surface area contributed by atoms with Gasteiger partial charge in [-0.15, -0.1) is 0 Å². The van der Waals surface area contributed by atoms with E-state index in [2.05, 4.69) is 5.32 Å². The molecule has 196 valence electrons. The minimum atomic E-state index is -4.41. The van der Waals surface area contributed by atoms with Gasteiger partial charge in [0, 0.05) is 44.0 Å². The van der Waals surface area contributed by atoms with Gasteiger partial charge in [0.15, 0.2) is 0 Å². The summed E-state index contributed by atoms with van der Waals surface area (Å²) in [5.41, 5.74) is 0.240. The molecule has 0 bridgehead atoms. The summed E-state index contributed by atoms with van der Waals surface area (Å²) in [5.74, 6) is 0.320. The number of ether oxygens (including phenoxy) is 2. The number of halogens is 3. The lowest BCUT2D eigenvalue weighted by Crippen LogP contribution is -2.57. The van der Waals surface area contributed by atoms with Crippen LogP contribution in [0, 0.1) is 0 Å². The van der Waals surface area contributed by atoms with Gasteiger partial charge in [0.1, 0.15) is 18.0 Å². The zero-order valence-corrected chi connectivity index (χ0v) is 19.8. The predicted molar refractivity (Wildman–Crippen MR) is 126 cm³/mol. The molecule has 0 radical (unpaired) electrons. The zero-order chi connectivity index (χ0) is 25.9. The fourth-order valence-corrected chi connectivity index (χ4v) is 4.79. The summed E-state index contributed by atoms with van der Waals surface area (Å²) in [6.07, 6.45) is -6.75. The number of rotatable bonds is 7. The van der Waals surface area contributed by atoms with Gasteiger partial charge in [0.2, 0.25) is 0 Å². The van der Waals surface area contributed by atoms with E-state index in [9.17, 15) is 28.2 Å². The van der Waals surface area contributed by atoms with E-state index >= 15 is 0 Å². The van der Waals surface area contributed by atoms with Gasteiger partial charge in [-0.1, -0.05) is 6.07 Å². The van der Waals surface area contributed by atoms with Crippen LogP contribution < -0.4 is 15.0 Å². The molecular formula is C25H30F3N3O5. The molecule has 2 aromatic carbocycles. The van der Waals surface area contributed by atoms with Crippen LogP contribution in [0.15, 0.2) is 48.5 Å². The fourth-order valence-electron chi connectivity index (χ4n) is 4.79. The Labute approximate surface area is 207 Å². The molecule has 4 unspecified atom stereocenters. The number of hydrogen-bond acceptors (Lipinski definition) is 7. The largest absolute Gasteiger partial charge is 0.497 e. The maximum Gasteiger partial charge on any atom is 0.416 e. The van der Waals surface area contributed by atoms with E-state index in [4.69, 9.17) is 9.47 Å². The number of benzene rings is 2. The average Bonchev–Trinajstić information content (AvgIpc) is 3.22. The molecule has 8 nitrogen and oxygen atoms in total. The Balaban J connectivity index is 1.39. The number of nitrogens with zero attached hydrogens (tertiary/aromatic N) is 2. The molecule has 0 spiro atoms. The molecule has 1 amide bonds. The molecule has 2 aliphatic heterocycles. The van der Waals surface area contributed by atoms with E-state index < -0.39 is 36.1 Å². The molecule has 2 heterocycles. The molecule has 2 aliphatic rings. The van der Waals surface area contributed by atoms with Crippen molar-refractivity contribution in [1.82, 2.24) is 10.2 Å². The van der Waals surface area contributed by atoms with Crippen LogP contribution in [0.25, 0.3) is 0 Å². The van der Waals surface area contributed by atoms with Gasteiger partial charge in [-0.05, 0) is 42.5 Å². The van der Waals surface area contributed by atoms with Gasteiger partial charge in [-0.3, -0.25) is 9.69 Å². The highest BCUT2D eigenvalue weighted by molar-refractivity contribution is 5.94. The molecular weight excluding hydrogens is 479 g/mol.